The molecule has 0 bridgehead atoms. The number of carboxylic acids is 1. The van der Waals surface area contributed by atoms with E-state index in [0.717, 1.165) is 19.4 Å². The maximum atomic E-state index is 11.0. The van der Waals surface area contributed by atoms with Crippen LogP contribution in [0, 0.1) is 0 Å². The number of nitrogens with one attached hydrogen (secondary N) is 1. The molecule has 4 heteroatoms. The van der Waals surface area contributed by atoms with E-state index in [4.69, 9.17) is 9.84 Å². The molecule has 0 amide bonds. The Morgan fingerprint density at radius 2 is 2.46 bits per heavy atom. The molecule has 1 rings (SSSR count). The van der Waals surface area contributed by atoms with E-state index in [2.05, 4.69) is 5.32 Å². The first-order valence-electron chi connectivity index (χ1n) is 4.77. The molecule has 0 spiro atoms. The van der Waals surface area contributed by atoms with Crippen LogP contribution in [0.3, 0.4) is 0 Å². The fourth-order valence-electron chi connectivity index (χ4n) is 1.54. The lowest BCUT2D eigenvalue weighted by Gasteiger charge is -2.33. The predicted octanol–water partition coefficient (Wildman–Crippen LogP) is 0.620. The van der Waals surface area contributed by atoms with E-state index in [9.17, 15) is 4.79 Å². The molecule has 1 heterocycles. The lowest BCUT2D eigenvalue weighted by atomic mass is 9.92. The van der Waals surface area contributed by atoms with E-state index in [1.165, 1.54) is 0 Å². The Labute approximate surface area is 78.3 Å². The Balaban J connectivity index is 2.56. The molecule has 0 aliphatic carbocycles. The summed E-state index contributed by atoms with van der Waals surface area (Å²) < 4.78 is 5.20. The highest BCUT2D eigenvalue weighted by molar-refractivity contribution is 5.79. The third kappa shape index (κ3) is 2.42. The maximum Gasteiger partial charge on any atom is 0.326 e. The summed E-state index contributed by atoms with van der Waals surface area (Å²) in [4.78, 5) is 11.0. The fraction of sp³-hybridized carbons (Fsp3) is 0.889. The second kappa shape index (κ2) is 4.58. The van der Waals surface area contributed by atoms with Crippen LogP contribution in [-0.4, -0.2) is 36.4 Å². The quantitative estimate of drug-likeness (QED) is 0.677. The first-order chi connectivity index (χ1) is 6.21. The van der Waals surface area contributed by atoms with Crippen molar-refractivity contribution in [1.82, 2.24) is 5.32 Å². The van der Waals surface area contributed by atoms with E-state index < -0.39 is 11.5 Å². The number of carbonyl (C=O) groups is 1. The summed E-state index contributed by atoms with van der Waals surface area (Å²) in [5, 5.41) is 12.1. The molecule has 1 saturated heterocycles. The molecule has 0 aromatic heterocycles. The van der Waals surface area contributed by atoms with Crippen molar-refractivity contribution >= 4 is 5.97 Å². The molecule has 0 radical (unpaired) electrons. The van der Waals surface area contributed by atoms with Crippen molar-refractivity contribution in [2.24, 2.45) is 0 Å². The van der Waals surface area contributed by atoms with Gasteiger partial charge in [-0.05, 0) is 25.8 Å². The van der Waals surface area contributed by atoms with Crippen molar-refractivity contribution in [3.05, 3.63) is 0 Å². The smallest absolute Gasteiger partial charge is 0.326 e. The van der Waals surface area contributed by atoms with Crippen molar-refractivity contribution in [2.75, 3.05) is 19.8 Å². The van der Waals surface area contributed by atoms with Crippen molar-refractivity contribution < 1.29 is 14.6 Å². The zero-order valence-corrected chi connectivity index (χ0v) is 8.01. The molecule has 1 unspecified atom stereocenters. The molecule has 0 aromatic rings. The lowest BCUT2D eigenvalue weighted by molar-refractivity contribution is -0.150. The van der Waals surface area contributed by atoms with Gasteiger partial charge in [0.1, 0.15) is 5.54 Å². The van der Waals surface area contributed by atoms with Crippen LogP contribution in [0.4, 0.5) is 0 Å². The Morgan fingerprint density at radius 3 is 2.92 bits per heavy atom. The van der Waals surface area contributed by atoms with Crippen LogP contribution in [0.1, 0.15) is 26.2 Å². The minimum Gasteiger partial charge on any atom is -0.480 e. The van der Waals surface area contributed by atoms with Gasteiger partial charge in [-0.2, -0.15) is 0 Å². The van der Waals surface area contributed by atoms with Gasteiger partial charge >= 0.3 is 5.97 Å². The number of hydrogen-bond acceptors (Lipinski definition) is 3. The van der Waals surface area contributed by atoms with E-state index in [1.807, 2.05) is 6.92 Å². The minimum atomic E-state index is -0.825. The highest BCUT2D eigenvalue weighted by atomic mass is 16.5. The van der Waals surface area contributed by atoms with Gasteiger partial charge in [-0.15, -0.1) is 0 Å². The van der Waals surface area contributed by atoms with E-state index in [0.29, 0.717) is 19.6 Å². The maximum absolute atomic E-state index is 11.0. The number of rotatable bonds is 4. The first-order valence-corrected chi connectivity index (χ1v) is 4.77. The Hall–Kier alpha value is -0.610. The molecule has 1 aliphatic heterocycles. The van der Waals surface area contributed by atoms with E-state index in [1.54, 1.807) is 0 Å². The highest BCUT2D eigenvalue weighted by Gasteiger charge is 2.39. The Bertz CT molecular complexity index is 176. The van der Waals surface area contributed by atoms with Gasteiger partial charge in [0.25, 0.3) is 0 Å². The average molecular weight is 187 g/mol. The number of hydrogen-bond donors (Lipinski definition) is 2. The van der Waals surface area contributed by atoms with Gasteiger partial charge in [-0.25, -0.2) is 0 Å². The second-order valence-electron chi connectivity index (χ2n) is 3.47. The summed E-state index contributed by atoms with van der Waals surface area (Å²) in [6.07, 6.45) is 2.43. The average Bonchev–Trinajstić information content (AvgIpc) is 2.16. The van der Waals surface area contributed by atoms with Gasteiger partial charge < -0.3 is 9.84 Å². The largest absolute Gasteiger partial charge is 0.480 e. The van der Waals surface area contributed by atoms with E-state index in [-0.39, 0.29) is 0 Å². The minimum absolute atomic E-state index is 0.294. The van der Waals surface area contributed by atoms with Crippen LogP contribution in [-0.2, 0) is 9.53 Å². The molecule has 1 atom stereocenters. The van der Waals surface area contributed by atoms with Crippen LogP contribution < -0.4 is 5.32 Å². The van der Waals surface area contributed by atoms with Crippen LogP contribution in [0.25, 0.3) is 0 Å². The van der Waals surface area contributed by atoms with Crippen molar-refractivity contribution in [2.45, 2.75) is 31.7 Å². The van der Waals surface area contributed by atoms with Crippen molar-refractivity contribution in [3.63, 3.8) is 0 Å². The molecule has 4 nitrogen and oxygen atoms in total. The molecule has 13 heavy (non-hydrogen) atoms. The normalized spacial score (nSPS) is 28.7. The van der Waals surface area contributed by atoms with Gasteiger partial charge in [0.2, 0.25) is 0 Å². The molecule has 0 saturated carbocycles. The van der Waals surface area contributed by atoms with Crippen LogP contribution >= 0.6 is 0 Å². The summed E-state index contributed by atoms with van der Waals surface area (Å²) in [6, 6.07) is 0. The van der Waals surface area contributed by atoms with Gasteiger partial charge in [0.05, 0.1) is 6.61 Å². The standard InChI is InChI=1S/C9H17NO3/c1-2-5-10-9(8(11)12)4-3-6-13-7-9/h10H,2-7H2,1H3,(H,11,12). The predicted molar refractivity (Wildman–Crippen MR) is 48.7 cm³/mol. The van der Waals surface area contributed by atoms with Gasteiger partial charge in [-0.1, -0.05) is 6.92 Å². The summed E-state index contributed by atoms with van der Waals surface area (Å²) in [5.41, 5.74) is -0.825. The van der Waals surface area contributed by atoms with E-state index >= 15 is 0 Å². The lowest BCUT2D eigenvalue weighted by Crippen LogP contribution is -2.57. The van der Waals surface area contributed by atoms with Gasteiger partial charge in [0, 0.05) is 6.61 Å². The Morgan fingerprint density at radius 1 is 1.69 bits per heavy atom. The molecule has 1 aliphatic rings. The highest BCUT2D eigenvalue weighted by Crippen LogP contribution is 2.19. The SMILES string of the molecule is CCCNC1(C(=O)O)CCCOC1. The molecular formula is C9H17NO3. The van der Waals surface area contributed by atoms with Crippen molar-refractivity contribution in [3.8, 4) is 0 Å². The molecule has 2 N–H and O–H groups in total. The topological polar surface area (TPSA) is 58.6 Å². The number of carboxylic acid groups (broad SMARTS) is 1. The van der Waals surface area contributed by atoms with Crippen LogP contribution in [0.2, 0.25) is 0 Å². The fourth-order valence-corrected chi connectivity index (χ4v) is 1.54. The van der Waals surface area contributed by atoms with Crippen LogP contribution in [0.5, 0.6) is 0 Å². The molecular weight excluding hydrogens is 170 g/mol. The van der Waals surface area contributed by atoms with Gasteiger partial charge in [0.15, 0.2) is 0 Å². The third-order valence-corrected chi connectivity index (χ3v) is 2.36. The summed E-state index contributed by atoms with van der Waals surface area (Å²) in [5.74, 6) is -0.791. The third-order valence-electron chi connectivity index (χ3n) is 2.36. The zero-order chi connectivity index (χ0) is 9.73. The number of aliphatic carboxylic acids is 1. The molecule has 1 fully saturated rings. The number of ether oxygens (including phenoxy) is 1. The summed E-state index contributed by atoms with van der Waals surface area (Å²) >= 11 is 0. The molecule has 0 aromatic carbocycles. The van der Waals surface area contributed by atoms with Crippen LogP contribution in [0.15, 0.2) is 0 Å². The van der Waals surface area contributed by atoms with Gasteiger partial charge in [-0.3, -0.25) is 10.1 Å². The summed E-state index contributed by atoms with van der Waals surface area (Å²) in [7, 11) is 0. The first kappa shape index (κ1) is 10.5. The summed E-state index contributed by atoms with van der Waals surface area (Å²) in [6.45, 7) is 3.73. The second-order valence-corrected chi connectivity index (χ2v) is 3.47. The van der Waals surface area contributed by atoms with Crippen molar-refractivity contribution in [1.29, 1.82) is 0 Å². The molecule has 76 valence electrons. The monoisotopic (exact) mass is 187 g/mol. The Kier molecular flexibility index (Phi) is 3.69. The zero-order valence-electron chi connectivity index (χ0n) is 8.01.